The summed E-state index contributed by atoms with van der Waals surface area (Å²) in [6.07, 6.45) is 1.58. The average molecular weight is 278 g/mol. The van der Waals surface area contributed by atoms with E-state index in [-0.39, 0.29) is 18.0 Å². The zero-order valence-electron chi connectivity index (χ0n) is 11.4. The summed E-state index contributed by atoms with van der Waals surface area (Å²) in [5, 5.41) is 2.93. The SMILES string of the molecule is CC(C)(C)OC(=O)N1CCC(NCS(C)(=O)=O)C1. The molecule has 1 aliphatic heterocycles. The van der Waals surface area contributed by atoms with Gasteiger partial charge >= 0.3 is 6.09 Å². The van der Waals surface area contributed by atoms with Crippen molar-refractivity contribution in [3.05, 3.63) is 0 Å². The van der Waals surface area contributed by atoms with Gasteiger partial charge in [0.2, 0.25) is 0 Å². The van der Waals surface area contributed by atoms with Gasteiger partial charge < -0.3 is 9.64 Å². The number of hydrogen-bond acceptors (Lipinski definition) is 5. The molecular formula is C11H22N2O4S. The molecule has 1 amide bonds. The van der Waals surface area contributed by atoms with Crippen LogP contribution in [-0.2, 0) is 14.6 Å². The van der Waals surface area contributed by atoms with Crippen molar-refractivity contribution in [1.82, 2.24) is 10.2 Å². The lowest BCUT2D eigenvalue weighted by Crippen LogP contribution is -2.39. The molecule has 1 rings (SSSR count). The molecule has 0 spiro atoms. The van der Waals surface area contributed by atoms with Crippen LogP contribution in [0.5, 0.6) is 0 Å². The lowest BCUT2D eigenvalue weighted by Gasteiger charge is -2.24. The Labute approximate surface area is 109 Å². The number of sulfone groups is 1. The van der Waals surface area contributed by atoms with Gasteiger partial charge in [0.05, 0.1) is 5.88 Å². The molecule has 7 heteroatoms. The van der Waals surface area contributed by atoms with Crippen molar-refractivity contribution in [2.75, 3.05) is 25.2 Å². The van der Waals surface area contributed by atoms with Crippen molar-refractivity contribution in [3.63, 3.8) is 0 Å². The number of rotatable bonds is 3. The molecule has 1 atom stereocenters. The lowest BCUT2D eigenvalue weighted by atomic mass is 10.2. The second-order valence-corrected chi connectivity index (χ2v) is 7.83. The predicted molar refractivity (Wildman–Crippen MR) is 69.1 cm³/mol. The lowest BCUT2D eigenvalue weighted by molar-refractivity contribution is 0.0291. The standard InChI is InChI=1S/C11H22N2O4S/c1-11(2,3)17-10(14)13-6-5-9(7-13)12-8-18(4,15)16/h9,12H,5-8H2,1-4H3. The summed E-state index contributed by atoms with van der Waals surface area (Å²) in [6, 6.07) is 0.0206. The van der Waals surface area contributed by atoms with Crippen LogP contribution < -0.4 is 5.32 Å². The third-order valence-electron chi connectivity index (χ3n) is 2.47. The van der Waals surface area contributed by atoms with E-state index in [9.17, 15) is 13.2 Å². The topological polar surface area (TPSA) is 75.7 Å². The van der Waals surface area contributed by atoms with Gasteiger partial charge in [-0.3, -0.25) is 5.32 Å². The van der Waals surface area contributed by atoms with E-state index in [0.29, 0.717) is 13.1 Å². The quantitative estimate of drug-likeness (QED) is 0.817. The molecule has 0 saturated carbocycles. The first-order chi connectivity index (χ1) is 8.07. The Morgan fingerprint density at radius 3 is 2.56 bits per heavy atom. The highest BCUT2D eigenvalue weighted by Gasteiger charge is 2.29. The molecule has 0 bridgehead atoms. The normalized spacial score (nSPS) is 21.1. The third kappa shape index (κ3) is 5.68. The molecule has 0 aromatic carbocycles. The number of hydrogen-bond donors (Lipinski definition) is 1. The van der Waals surface area contributed by atoms with E-state index in [4.69, 9.17) is 4.74 Å². The first-order valence-corrected chi connectivity index (χ1v) is 8.02. The maximum absolute atomic E-state index is 11.8. The van der Waals surface area contributed by atoms with E-state index >= 15 is 0 Å². The second-order valence-electron chi connectivity index (χ2n) is 5.69. The minimum atomic E-state index is -3.02. The summed E-state index contributed by atoms with van der Waals surface area (Å²) in [5.41, 5.74) is -0.505. The van der Waals surface area contributed by atoms with Crippen molar-refractivity contribution >= 4 is 15.9 Å². The van der Waals surface area contributed by atoms with E-state index in [1.165, 1.54) is 6.26 Å². The van der Waals surface area contributed by atoms with Crippen LogP contribution >= 0.6 is 0 Å². The van der Waals surface area contributed by atoms with E-state index < -0.39 is 15.4 Å². The highest BCUT2D eigenvalue weighted by atomic mass is 32.2. The minimum absolute atomic E-state index is 0.0206. The van der Waals surface area contributed by atoms with Crippen LogP contribution in [0.15, 0.2) is 0 Å². The highest BCUT2D eigenvalue weighted by molar-refractivity contribution is 7.90. The fourth-order valence-corrected chi connectivity index (χ4v) is 2.23. The van der Waals surface area contributed by atoms with Crippen molar-refractivity contribution in [2.24, 2.45) is 0 Å². The first kappa shape index (κ1) is 15.2. The maximum Gasteiger partial charge on any atom is 0.410 e. The zero-order valence-corrected chi connectivity index (χ0v) is 12.2. The number of carbonyl (C=O) groups is 1. The number of amides is 1. The monoisotopic (exact) mass is 278 g/mol. The molecule has 0 aliphatic carbocycles. The maximum atomic E-state index is 11.8. The number of nitrogens with one attached hydrogen (secondary N) is 1. The van der Waals surface area contributed by atoms with Gasteiger partial charge in [0.15, 0.2) is 9.84 Å². The molecule has 1 fully saturated rings. The molecule has 1 heterocycles. The molecule has 1 aliphatic rings. The summed E-state index contributed by atoms with van der Waals surface area (Å²) >= 11 is 0. The van der Waals surface area contributed by atoms with Gasteiger partial charge in [-0.25, -0.2) is 13.2 Å². The van der Waals surface area contributed by atoms with Crippen LogP contribution in [-0.4, -0.2) is 56.3 Å². The Morgan fingerprint density at radius 1 is 1.44 bits per heavy atom. The van der Waals surface area contributed by atoms with Crippen LogP contribution in [0.2, 0.25) is 0 Å². The number of ether oxygens (including phenoxy) is 1. The third-order valence-corrected chi connectivity index (χ3v) is 3.17. The molecule has 0 aromatic heterocycles. The van der Waals surface area contributed by atoms with Crippen LogP contribution in [0.4, 0.5) is 4.79 Å². The van der Waals surface area contributed by atoms with E-state index in [2.05, 4.69) is 5.32 Å². The smallest absolute Gasteiger partial charge is 0.410 e. The largest absolute Gasteiger partial charge is 0.444 e. The molecule has 106 valence electrons. The minimum Gasteiger partial charge on any atom is -0.444 e. The highest BCUT2D eigenvalue weighted by Crippen LogP contribution is 2.15. The van der Waals surface area contributed by atoms with Crippen LogP contribution in [0.25, 0.3) is 0 Å². The summed E-state index contributed by atoms with van der Waals surface area (Å²) in [5.74, 6) is -0.0557. The molecular weight excluding hydrogens is 256 g/mol. The number of likely N-dealkylation sites (tertiary alicyclic amines) is 1. The molecule has 18 heavy (non-hydrogen) atoms. The summed E-state index contributed by atoms with van der Waals surface area (Å²) in [7, 11) is -3.02. The molecule has 1 unspecified atom stereocenters. The van der Waals surface area contributed by atoms with Crippen molar-refractivity contribution < 1.29 is 17.9 Å². The number of nitrogens with zero attached hydrogens (tertiary/aromatic N) is 1. The second kappa shape index (κ2) is 5.44. The Balaban J connectivity index is 2.39. The Hall–Kier alpha value is -0.820. The van der Waals surface area contributed by atoms with Crippen molar-refractivity contribution in [2.45, 2.75) is 38.8 Å². The van der Waals surface area contributed by atoms with Gasteiger partial charge in [-0.05, 0) is 27.2 Å². The van der Waals surface area contributed by atoms with Crippen molar-refractivity contribution in [1.29, 1.82) is 0 Å². The van der Waals surface area contributed by atoms with Crippen LogP contribution in [0.1, 0.15) is 27.2 Å². The van der Waals surface area contributed by atoms with Gasteiger partial charge in [-0.1, -0.05) is 0 Å². The molecule has 0 aromatic rings. The van der Waals surface area contributed by atoms with E-state index in [0.717, 1.165) is 6.42 Å². The fourth-order valence-electron chi connectivity index (χ4n) is 1.69. The van der Waals surface area contributed by atoms with E-state index in [1.54, 1.807) is 4.90 Å². The van der Waals surface area contributed by atoms with Gasteiger partial charge in [0.1, 0.15) is 5.60 Å². The Bertz CT molecular complexity index is 400. The van der Waals surface area contributed by atoms with Gasteiger partial charge in [-0.15, -0.1) is 0 Å². The fraction of sp³-hybridized carbons (Fsp3) is 0.909. The first-order valence-electron chi connectivity index (χ1n) is 5.96. The van der Waals surface area contributed by atoms with E-state index in [1.807, 2.05) is 20.8 Å². The Morgan fingerprint density at radius 2 is 2.06 bits per heavy atom. The average Bonchev–Trinajstić information content (AvgIpc) is 2.58. The summed E-state index contributed by atoms with van der Waals surface area (Å²) in [6.45, 7) is 6.54. The summed E-state index contributed by atoms with van der Waals surface area (Å²) in [4.78, 5) is 13.4. The molecule has 1 N–H and O–H groups in total. The molecule has 6 nitrogen and oxygen atoms in total. The van der Waals surface area contributed by atoms with Crippen LogP contribution in [0, 0.1) is 0 Å². The van der Waals surface area contributed by atoms with Crippen molar-refractivity contribution in [3.8, 4) is 0 Å². The number of carbonyl (C=O) groups excluding carboxylic acids is 1. The Kier molecular flexibility index (Phi) is 4.61. The summed E-state index contributed by atoms with van der Waals surface area (Å²) < 4.78 is 27.3. The van der Waals surface area contributed by atoms with Gasteiger partial charge in [0, 0.05) is 25.4 Å². The molecule has 1 saturated heterocycles. The zero-order chi connectivity index (χ0) is 14.0. The predicted octanol–water partition coefficient (Wildman–Crippen LogP) is 0.588. The van der Waals surface area contributed by atoms with Gasteiger partial charge in [-0.2, -0.15) is 0 Å². The molecule has 0 radical (unpaired) electrons. The van der Waals surface area contributed by atoms with Crippen LogP contribution in [0.3, 0.4) is 0 Å². The van der Waals surface area contributed by atoms with Gasteiger partial charge in [0.25, 0.3) is 0 Å².